The maximum Gasteiger partial charge on any atom is 0.281 e. The molecule has 0 aliphatic rings. The molecule has 6 aromatic rings. The highest BCUT2D eigenvalue weighted by molar-refractivity contribution is 7.16. The van der Waals surface area contributed by atoms with Gasteiger partial charge in [0, 0.05) is 35.2 Å². The van der Waals surface area contributed by atoms with Gasteiger partial charge in [-0.15, -0.1) is 11.3 Å². The van der Waals surface area contributed by atoms with Crippen LogP contribution in [0.4, 0.5) is 10.8 Å². The zero-order valence-electron chi connectivity index (χ0n) is 25.8. The molecule has 6 rings (SSSR count). The van der Waals surface area contributed by atoms with Crippen molar-refractivity contribution in [2.45, 2.75) is 20.8 Å². The molecular weight excluding hydrogens is 631 g/mol. The van der Waals surface area contributed by atoms with Crippen LogP contribution < -0.4 is 21.5 Å². The Kier molecular flexibility index (Phi) is 8.52. The summed E-state index contributed by atoms with van der Waals surface area (Å²) in [5.74, 6) is -0.920. The molecule has 2 aromatic carbocycles. The predicted molar refractivity (Wildman–Crippen MR) is 180 cm³/mol. The van der Waals surface area contributed by atoms with Crippen LogP contribution in [-0.2, 0) is 0 Å². The van der Waals surface area contributed by atoms with Gasteiger partial charge in [-0.3, -0.25) is 19.2 Å². The number of hydrogen-bond acceptors (Lipinski definition) is 10. The van der Waals surface area contributed by atoms with E-state index in [4.69, 9.17) is 5.26 Å². The van der Waals surface area contributed by atoms with E-state index < -0.39 is 22.7 Å². The summed E-state index contributed by atoms with van der Waals surface area (Å²) in [5, 5.41) is 23.5. The second kappa shape index (κ2) is 13.0. The zero-order chi connectivity index (χ0) is 33.9. The Morgan fingerprint density at radius 2 is 1.35 bits per heavy atom. The summed E-state index contributed by atoms with van der Waals surface area (Å²) in [7, 11) is 0. The van der Waals surface area contributed by atoms with Crippen LogP contribution in [0.15, 0.2) is 94.5 Å². The number of nitrogens with one attached hydrogen (secondary N) is 2. The molecule has 0 saturated carbocycles. The number of aryl methyl sites for hydroxylation is 3. The molecule has 14 heteroatoms. The molecule has 0 unspecified atom stereocenters. The molecule has 2 N–H and O–H groups in total. The molecule has 0 aliphatic heterocycles. The van der Waals surface area contributed by atoms with E-state index in [0.29, 0.717) is 49.7 Å². The number of nitriles is 1. The maximum absolute atomic E-state index is 13.3. The smallest absolute Gasteiger partial charge is 0.281 e. The lowest BCUT2D eigenvalue weighted by atomic mass is 10.1. The van der Waals surface area contributed by atoms with Crippen molar-refractivity contribution in [2.24, 2.45) is 0 Å². The van der Waals surface area contributed by atoms with Gasteiger partial charge in [0.25, 0.3) is 11.8 Å². The molecule has 0 saturated heterocycles. The summed E-state index contributed by atoms with van der Waals surface area (Å²) in [5.41, 5.74) is 1.66. The highest BCUT2D eigenvalue weighted by Gasteiger charge is 2.19. The Labute approximate surface area is 276 Å². The van der Waals surface area contributed by atoms with E-state index in [1.54, 1.807) is 63.2 Å². The first-order valence-electron chi connectivity index (χ1n) is 14.5. The Bertz CT molecular complexity index is 2390. The normalized spacial score (nSPS) is 10.7. The van der Waals surface area contributed by atoms with Crippen molar-refractivity contribution in [3.63, 3.8) is 0 Å². The van der Waals surface area contributed by atoms with E-state index >= 15 is 0 Å². The molecule has 13 nitrogen and oxygen atoms in total. The van der Waals surface area contributed by atoms with Crippen LogP contribution >= 0.6 is 11.3 Å². The van der Waals surface area contributed by atoms with Crippen LogP contribution in [-0.4, -0.2) is 41.3 Å². The third-order valence-electron chi connectivity index (χ3n) is 7.06. The van der Waals surface area contributed by atoms with Crippen molar-refractivity contribution in [3.05, 3.63) is 139 Å². The van der Waals surface area contributed by atoms with Gasteiger partial charge >= 0.3 is 0 Å². The summed E-state index contributed by atoms with van der Waals surface area (Å²) in [6.45, 7) is 5.09. The summed E-state index contributed by atoms with van der Waals surface area (Å²) in [6, 6.07) is 25.6. The standard InChI is InChI=1S/C34H25N9O4S/c1-19-14-27(44)31(40-42(19)23-9-5-4-6-10-23)33(46)38-29-17-26(36-21(3)37-29)22-8-7-11-24(16-22)43-20(2)15-28(45)32(41-43)34(47)39-30-13-12-25(18-35)48-30/h4-17H,1-3H3,(H,39,47)(H,36,37,38,46). The molecule has 0 bridgehead atoms. The fraction of sp³-hybridized carbons (Fsp3) is 0.0882. The van der Waals surface area contributed by atoms with Crippen molar-refractivity contribution in [3.8, 4) is 28.7 Å². The number of para-hydroxylation sites is 1. The van der Waals surface area contributed by atoms with E-state index in [2.05, 4.69) is 30.8 Å². The number of aromatic nitrogens is 6. The van der Waals surface area contributed by atoms with Gasteiger partial charge in [-0.2, -0.15) is 15.5 Å². The molecule has 2 amide bonds. The lowest BCUT2D eigenvalue weighted by Gasteiger charge is -2.13. The summed E-state index contributed by atoms with van der Waals surface area (Å²) >= 11 is 1.08. The molecule has 48 heavy (non-hydrogen) atoms. The molecule has 0 spiro atoms. The van der Waals surface area contributed by atoms with Crippen LogP contribution in [0.3, 0.4) is 0 Å². The third-order valence-corrected chi connectivity index (χ3v) is 7.97. The number of thiophene rings is 1. The number of rotatable bonds is 7. The van der Waals surface area contributed by atoms with Gasteiger partial charge in [0.2, 0.25) is 10.9 Å². The molecule has 4 aromatic heterocycles. The first-order chi connectivity index (χ1) is 23.1. The van der Waals surface area contributed by atoms with Gasteiger partial charge in [-0.05, 0) is 57.2 Å². The fourth-order valence-electron chi connectivity index (χ4n) is 4.89. The molecule has 0 aliphatic carbocycles. The molecule has 0 atom stereocenters. The maximum atomic E-state index is 13.3. The fourth-order valence-corrected chi connectivity index (χ4v) is 5.59. The van der Waals surface area contributed by atoms with Crippen molar-refractivity contribution in [1.82, 2.24) is 29.5 Å². The number of anilines is 2. The molecule has 0 radical (unpaired) electrons. The van der Waals surface area contributed by atoms with E-state index in [1.807, 2.05) is 36.4 Å². The quantitative estimate of drug-likeness (QED) is 0.249. The second-order valence-corrected chi connectivity index (χ2v) is 11.7. The molecule has 4 heterocycles. The Balaban J connectivity index is 1.29. The van der Waals surface area contributed by atoms with Crippen LogP contribution in [0, 0.1) is 32.1 Å². The van der Waals surface area contributed by atoms with Crippen molar-refractivity contribution < 1.29 is 9.59 Å². The first kappa shape index (κ1) is 31.4. The Morgan fingerprint density at radius 3 is 2.00 bits per heavy atom. The zero-order valence-corrected chi connectivity index (χ0v) is 26.6. The topological polar surface area (TPSA) is 178 Å². The number of nitrogens with zero attached hydrogens (tertiary/aromatic N) is 7. The van der Waals surface area contributed by atoms with Gasteiger partial charge in [-0.25, -0.2) is 19.3 Å². The molecule has 0 fully saturated rings. The molecule has 236 valence electrons. The average molecular weight is 656 g/mol. The predicted octanol–water partition coefficient (Wildman–Crippen LogP) is 4.60. The van der Waals surface area contributed by atoms with Crippen molar-refractivity contribution in [1.29, 1.82) is 5.26 Å². The van der Waals surface area contributed by atoms with Crippen LogP contribution in [0.2, 0.25) is 0 Å². The summed E-state index contributed by atoms with van der Waals surface area (Å²) in [4.78, 5) is 61.0. The lowest BCUT2D eigenvalue weighted by molar-refractivity contribution is 0.101. The first-order valence-corrected chi connectivity index (χ1v) is 15.3. The number of hydrogen-bond donors (Lipinski definition) is 2. The summed E-state index contributed by atoms with van der Waals surface area (Å²) < 4.78 is 2.99. The van der Waals surface area contributed by atoms with Crippen LogP contribution in [0.25, 0.3) is 22.6 Å². The SMILES string of the molecule is Cc1nc(NC(=O)c2nn(-c3ccccc3)c(C)cc2=O)cc(-c2cccc(-n3nc(C(=O)Nc4ccc(C#N)s4)c(=O)cc3C)c2)n1. The number of amides is 2. The Hall–Kier alpha value is -6.59. The number of benzene rings is 2. The minimum absolute atomic E-state index is 0.158. The van der Waals surface area contributed by atoms with Crippen LogP contribution in [0.1, 0.15) is 43.1 Å². The van der Waals surface area contributed by atoms with E-state index in [1.165, 1.54) is 21.5 Å². The minimum Gasteiger partial charge on any atom is -0.312 e. The van der Waals surface area contributed by atoms with Gasteiger partial charge in [-0.1, -0.05) is 30.3 Å². The van der Waals surface area contributed by atoms with Gasteiger partial charge in [0.15, 0.2) is 11.4 Å². The number of carbonyl (C=O) groups excluding carboxylic acids is 2. The van der Waals surface area contributed by atoms with Gasteiger partial charge in [0.05, 0.1) is 22.1 Å². The highest BCUT2D eigenvalue weighted by Crippen LogP contribution is 2.24. The van der Waals surface area contributed by atoms with Crippen molar-refractivity contribution in [2.75, 3.05) is 10.6 Å². The Morgan fingerprint density at radius 1 is 0.729 bits per heavy atom. The largest absolute Gasteiger partial charge is 0.312 e. The minimum atomic E-state index is -0.729. The number of carbonyl (C=O) groups is 2. The summed E-state index contributed by atoms with van der Waals surface area (Å²) in [6.07, 6.45) is 0. The third kappa shape index (κ3) is 6.52. The van der Waals surface area contributed by atoms with E-state index in [0.717, 1.165) is 11.3 Å². The van der Waals surface area contributed by atoms with Crippen LogP contribution in [0.5, 0.6) is 0 Å². The van der Waals surface area contributed by atoms with E-state index in [-0.39, 0.29) is 17.2 Å². The van der Waals surface area contributed by atoms with Gasteiger partial charge in [0.1, 0.15) is 22.6 Å². The highest BCUT2D eigenvalue weighted by atomic mass is 32.1. The average Bonchev–Trinajstić information content (AvgIpc) is 3.52. The monoisotopic (exact) mass is 655 g/mol. The van der Waals surface area contributed by atoms with E-state index in [9.17, 15) is 19.2 Å². The van der Waals surface area contributed by atoms with Crippen molar-refractivity contribution >= 4 is 34.0 Å². The second-order valence-electron chi connectivity index (χ2n) is 10.6. The molecular formula is C34H25N9O4S. The van der Waals surface area contributed by atoms with Gasteiger partial charge < -0.3 is 10.6 Å². The lowest BCUT2D eigenvalue weighted by Crippen LogP contribution is -2.27.